The van der Waals surface area contributed by atoms with Crippen molar-refractivity contribution in [3.05, 3.63) is 77.7 Å². The molecule has 3 rings (SSSR count). The van der Waals surface area contributed by atoms with Gasteiger partial charge >= 0.3 is 0 Å². The fourth-order valence-electron chi connectivity index (χ4n) is 2.50. The highest BCUT2D eigenvalue weighted by molar-refractivity contribution is 5.78. The summed E-state index contributed by atoms with van der Waals surface area (Å²) in [6, 6.07) is 19.8. The third-order valence-corrected chi connectivity index (χ3v) is 3.82. The molecule has 4 heteroatoms. The Hall–Kier alpha value is -2.88. The van der Waals surface area contributed by atoms with E-state index in [1.807, 2.05) is 55.5 Å². The molecule has 0 aliphatic rings. The van der Waals surface area contributed by atoms with Crippen LogP contribution in [-0.4, -0.2) is 17.4 Å². The highest BCUT2D eigenvalue weighted by atomic mass is 16.4. The molecule has 1 heterocycles. The third-order valence-electron chi connectivity index (χ3n) is 3.82. The van der Waals surface area contributed by atoms with Crippen LogP contribution >= 0.6 is 0 Å². The van der Waals surface area contributed by atoms with Crippen molar-refractivity contribution in [1.29, 1.82) is 0 Å². The van der Waals surface area contributed by atoms with Gasteiger partial charge in [-0.1, -0.05) is 48.5 Å². The minimum atomic E-state index is -0.0399. The van der Waals surface area contributed by atoms with Crippen LogP contribution in [0.1, 0.15) is 17.0 Å². The van der Waals surface area contributed by atoms with E-state index in [0.717, 1.165) is 12.0 Å². The predicted molar refractivity (Wildman–Crippen MR) is 93.5 cm³/mol. The summed E-state index contributed by atoms with van der Waals surface area (Å²) in [5, 5.41) is 2.94. The quantitative estimate of drug-likeness (QED) is 0.755. The lowest BCUT2D eigenvalue weighted by molar-refractivity contribution is -0.120. The van der Waals surface area contributed by atoms with E-state index in [9.17, 15) is 4.79 Å². The number of carbonyl (C=O) groups is 1. The zero-order valence-corrected chi connectivity index (χ0v) is 13.7. The summed E-state index contributed by atoms with van der Waals surface area (Å²) >= 11 is 0. The fraction of sp³-hybridized carbons (Fsp3) is 0.200. The normalized spacial score (nSPS) is 10.5. The molecule has 0 atom stereocenters. The van der Waals surface area contributed by atoms with Gasteiger partial charge in [0.25, 0.3) is 0 Å². The first kappa shape index (κ1) is 16.0. The lowest BCUT2D eigenvalue weighted by atomic mass is 10.1. The van der Waals surface area contributed by atoms with Gasteiger partial charge in [-0.3, -0.25) is 4.79 Å². The molecule has 0 radical (unpaired) electrons. The van der Waals surface area contributed by atoms with E-state index in [2.05, 4.69) is 22.4 Å². The molecule has 122 valence electrons. The molecule has 4 nitrogen and oxygen atoms in total. The van der Waals surface area contributed by atoms with Gasteiger partial charge in [0.2, 0.25) is 11.8 Å². The SMILES string of the molecule is Cc1oc(-c2ccccc2)nc1CC(=O)NCCc1ccccc1. The van der Waals surface area contributed by atoms with Gasteiger partial charge in [0.1, 0.15) is 5.76 Å². The van der Waals surface area contributed by atoms with E-state index in [-0.39, 0.29) is 12.3 Å². The number of oxazole rings is 1. The van der Waals surface area contributed by atoms with Gasteiger partial charge in [-0.05, 0) is 31.0 Å². The van der Waals surface area contributed by atoms with Crippen LogP contribution in [0.15, 0.2) is 65.1 Å². The maximum Gasteiger partial charge on any atom is 0.226 e. The van der Waals surface area contributed by atoms with Crippen molar-refractivity contribution in [2.45, 2.75) is 19.8 Å². The lowest BCUT2D eigenvalue weighted by Gasteiger charge is -2.04. The van der Waals surface area contributed by atoms with Crippen molar-refractivity contribution >= 4 is 5.91 Å². The number of nitrogens with zero attached hydrogens (tertiary/aromatic N) is 1. The number of aromatic nitrogens is 1. The molecule has 0 aliphatic heterocycles. The van der Waals surface area contributed by atoms with Gasteiger partial charge in [0.15, 0.2) is 0 Å². The number of hydrogen-bond donors (Lipinski definition) is 1. The average Bonchev–Trinajstić information content (AvgIpc) is 2.97. The molecular formula is C20H20N2O2. The maximum atomic E-state index is 12.1. The molecule has 0 aliphatic carbocycles. The first-order chi connectivity index (χ1) is 11.7. The van der Waals surface area contributed by atoms with Crippen molar-refractivity contribution in [2.75, 3.05) is 6.54 Å². The van der Waals surface area contributed by atoms with Crippen molar-refractivity contribution in [3.8, 4) is 11.5 Å². The monoisotopic (exact) mass is 320 g/mol. The van der Waals surface area contributed by atoms with Gasteiger partial charge < -0.3 is 9.73 Å². The van der Waals surface area contributed by atoms with Gasteiger partial charge in [0.05, 0.1) is 12.1 Å². The Kier molecular flexibility index (Phi) is 5.06. The van der Waals surface area contributed by atoms with E-state index < -0.39 is 0 Å². The summed E-state index contributed by atoms with van der Waals surface area (Å²) in [6.45, 7) is 2.46. The van der Waals surface area contributed by atoms with E-state index in [1.54, 1.807) is 0 Å². The first-order valence-corrected chi connectivity index (χ1v) is 8.05. The Bertz CT molecular complexity index is 795. The number of amides is 1. The molecular weight excluding hydrogens is 300 g/mol. The van der Waals surface area contributed by atoms with Crippen molar-refractivity contribution in [2.24, 2.45) is 0 Å². The summed E-state index contributed by atoms with van der Waals surface area (Å²) in [5.74, 6) is 1.20. The smallest absolute Gasteiger partial charge is 0.226 e. The second-order valence-electron chi connectivity index (χ2n) is 5.65. The highest BCUT2D eigenvalue weighted by Crippen LogP contribution is 2.21. The molecule has 1 N–H and O–H groups in total. The molecule has 24 heavy (non-hydrogen) atoms. The average molecular weight is 320 g/mol. The van der Waals surface area contributed by atoms with Crippen molar-refractivity contribution < 1.29 is 9.21 Å². The molecule has 0 saturated heterocycles. The highest BCUT2D eigenvalue weighted by Gasteiger charge is 2.14. The first-order valence-electron chi connectivity index (χ1n) is 8.05. The number of benzene rings is 2. The van der Waals surface area contributed by atoms with Gasteiger partial charge in [-0.15, -0.1) is 0 Å². The van der Waals surface area contributed by atoms with Crippen molar-refractivity contribution in [1.82, 2.24) is 10.3 Å². The predicted octanol–water partition coefficient (Wildman–Crippen LogP) is 3.55. The number of carbonyl (C=O) groups excluding carboxylic acids is 1. The summed E-state index contributed by atoms with van der Waals surface area (Å²) in [7, 11) is 0. The topological polar surface area (TPSA) is 55.1 Å². The molecule has 0 spiro atoms. The maximum absolute atomic E-state index is 12.1. The summed E-state index contributed by atoms with van der Waals surface area (Å²) in [4.78, 5) is 16.6. The molecule has 1 aromatic heterocycles. The Morgan fingerprint density at radius 1 is 1.04 bits per heavy atom. The van der Waals surface area contributed by atoms with Crippen LogP contribution in [0, 0.1) is 6.92 Å². The van der Waals surface area contributed by atoms with Crippen molar-refractivity contribution in [3.63, 3.8) is 0 Å². The number of rotatable bonds is 6. The van der Waals surface area contributed by atoms with E-state index in [4.69, 9.17) is 4.42 Å². The summed E-state index contributed by atoms with van der Waals surface area (Å²) < 4.78 is 5.68. The zero-order valence-electron chi connectivity index (χ0n) is 13.7. The van der Waals surface area contributed by atoms with Crippen LogP contribution in [-0.2, 0) is 17.6 Å². The minimum Gasteiger partial charge on any atom is -0.441 e. The Morgan fingerprint density at radius 3 is 2.42 bits per heavy atom. The van der Waals surface area contributed by atoms with Crippen LogP contribution in [0.4, 0.5) is 0 Å². The van der Waals surface area contributed by atoms with Crippen LogP contribution in [0.3, 0.4) is 0 Å². The minimum absolute atomic E-state index is 0.0399. The molecule has 3 aromatic rings. The van der Waals surface area contributed by atoms with Crippen LogP contribution in [0.5, 0.6) is 0 Å². The second kappa shape index (κ2) is 7.59. The van der Waals surface area contributed by atoms with Gasteiger partial charge in [0, 0.05) is 12.1 Å². The molecule has 0 bridgehead atoms. The lowest BCUT2D eigenvalue weighted by Crippen LogP contribution is -2.27. The number of nitrogens with one attached hydrogen (secondary N) is 1. The summed E-state index contributed by atoms with van der Waals surface area (Å²) in [5.41, 5.74) is 2.81. The van der Waals surface area contributed by atoms with Crippen LogP contribution in [0.2, 0.25) is 0 Å². The third kappa shape index (κ3) is 4.10. The van der Waals surface area contributed by atoms with E-state index in [0.29, 0.717) is 23.9 Å². The van der Waals surface area contributed by atoms with Crippen LogP contribution in [0.25, 0.3) is 11.5 Å². The van der Waals surface area contributed by atoms with Crippen LogP contribution < -0.4 is 5.32 Å². The molecule has 2 aromatic carbocycles. The standard InChI is InChI=1S/C20H20N2O2/c1-15-18(22-20(24-15)17-10-6-3-7-11-17)14-19(23)21-13-12-16-8-4-2-5-9-16/h2-11H,12-14H2,1H3,(H,21,23). The molecule has 0 saturated carbocycles. The number of aryl methyl sites for hydroxylation is 1. The molecule has 1 amide bonds. The van der Waals surface area contributed by atoms with E-state index in [1.165, 1.54) is 5.56 Å². The summed E-state index contributed by atoms with van der Waals surface area (Å²) in [6.07, 6.45) is 1.05. The zero-order chi connectivity index (χ0) is 16.8. The van der Waals surface area contributed by atoms with Gasteiger partial charge in [-0.2, -0.15) is 0 Å². The fourth-order valence-corrected chi connectivity index (χ4v) is 2.50. The van der Waals surface area contributed by atoms with Gasteiger partial charge in [-0.25, -0.2) is 4.98 Å². The molecule has 0 unspecified atom stereocenters. The Labute approximate surface area is 141 Å². The largest absolute Gasteiger partial charge is 0.441 e. The Balaban J connectivity index is 1.56. The van der Waals surface area contributed by atoms with E-state index >= 15 is 0 Å². The molecule has 0 fully saturated rings. The Morgan fingerprint density at radius 2 is 1.71 bits per heavy atom. The second-order valence-corrected chi connectivity index (χ2v) is 5.65. The number of hydrogen-bond acceptors (Lipinski definition) is 3.